The number of aliphatic imine (C=N–C) groups is 1. The van der Waals surface area contributed by atoms with Crippen LogP contribution in [-0.2, 0) is 9.59 Å². The second-order valence-corrected chi connectivity index (χ2v) is 8.51. The van der Waals surface area contributed by atoms with Crippen LogP contribution in [0.3, 0.4) is 0 Å². The molecule has 0 radical (unpaired) electrons. The lowest BCUT2D eigenvalue weighted by Crippen LogP contribution is -2.44. The minimum absolute atomic E-state index is 0.0592. The fourth-order valence-electron chi connectivity index (χ4n) is 3.97. The molecule has 2 amide bonds. The highest BCUT2D eigenvalue weighted by atomic mass is 16.5. The summed E-state index contributed by atoms with van der Waals surface area (Å²) in [4.78, 5) is 34.6. The average Bonchev–Trinajstić information content (AvgIpc) is 2.87. The first kappa shape index (κ1) is 25.8. The van der Waals surface area contributed by atoms with E-state index in [0.717, 1.165) is 44.0 Å². The quantitative estimate of drug-likeness (QED) is 0.307. The number of anilines is 2. The van der Waals surface area contributed by atoms with Crippen molar-refractivity contribution in [1.29, 1.82) is 0 Å². The van der Waals surface area contributed by atoms with Crippen LogP contribution in [0.15, 0.2) is 64.8 Å². The first-order chi connectivity index (χ1) is 16.8. The van der Waals surface area contributed by atoms with Gasteiger partial charge in [0, 0.05) is 55.4 Å². The fraction of sp³-hybridized carbons (Fsp3) is 0.346. The molecule has 2 aromatic rings. The van der Waals surface area contributed by atoms with E-state index < -0.39 is 5.91 Å². The van der Waals surface area contributed by atoms with Gasteiger partial charge in [-0.1, -0.05) is 0 Å². The van der Waals surface area contributed by atoms with Crippen molar-refractivity contribution in [2.24, 2.45) is 16.5 Å². The molecule has 35 heavy (non-hydrogen) atoms. The fourth-order valence-corrected chi connectivity index (χ4v) is 3.97. The van der Waals surface area contributed by atoms with Crippen LogP contribution in [0.4, 0.5) is 17.1 Å². The number of nitrogens with zero attached hydrogens (tertiary/aromatic N) is 4. The van der Waals surface area contributed by atoms with Crippen molar-refractivity contribution in [3.05, 3.63) is 59.8 Å². The van der Waals surface area contributed by atoms with Crippen molar-refractivity contribution >= 4 is 35.1 Å². The molecule has 0 aliphatic carbocycles. The number of carbonyl (C=O) groups is 2. The minimum Gasteiger partial charge on any atom is -0.497 e. The van der Waals surface area contributed by atoms with Crippen molar-refractivity contribution in [2.45, 2.75) is 13.3 Å². The molecule has 1 aliphatic heterocycles. The topological polar surface area (TPSA) is 117 Å². The van der Waals surface area contributed by atoms with E-state index in [2.05, 4.69) is 21.8 Å². The monoisotopic (exact) mass is 478 g/mol. The van der Waals surface area contributed by atoms with Crippen molar-refractivity contribution in [1.82, 2.24) is 4.90 Å². The Morgan fingerprint density at radius 3 is 2.23 bits per heavy atom. The first-order valence-electron chi connectivity index (χ1n) is 11.6. The summed E-state index contributed by atoms with van der Waals surface area (Å²) in [6.45, 7) is 6.08. The minimum atomic E-state index is -0.724. The number of carbonyl (C=O) groups excluding carboxylic acids is 2. The van der Waals surface area contributed by atoms with Crippen molar-refractivity contribution < 1.29 is 14.3 Å². The van der Waals surface area contributed by atoms with E-state index in [-0.39, 0.29) is 5.70 Å². The van der Waals surface area contributed by atoms with E-state index in [0.29, 0.717) is 35.7 Å². The van der Waals surface area contributed by atoms with Crippen LogP contribution in [-0.4, -0.2) is 69.8 Å². The molecule has 186 valence electrons. The number of ether oxygens (including phenoxy) is 1. The molecule has 9 nitrogen and oxygen atoms in total. The highest BCUT2D eigenvalue weighted by Crippen LogP contribution is 2.23. The normalized spacial score (nSPS) is 15.4. The third-order valence-corrected chi connectivity index (χ3v) is 6.18. The van der Waals surface area contributed by atoms with Crippen LogP contribution < -0.4 is 26.0 Å². The number of benzene rings is 2. The van der Waals surface area contributed by atoms with Crippen LogP contribution >= 0.6 is 0 Å². The zero-order valence-corrected chi connectivity index (χ0v) is 20.6. The summed E-state index contributed by atoms with van der Waals surface area (Å²) in [5.41, 5.74) is 15.1. The number of hydrogen-bond donors (Lipinski definition) is 2. The average molecular weight is 479 g/mol. The number of nitrogens with two attached hydrogens (primary N) is 2. The maximum absolute atomic E-state index is 11.9. The highest BCUT2D eigenvalue weighted by molar-refractivity contribution is 6.07. The molecule has 4 N–H and O–H groups in total. The summed E-state index contributed by atoms with van der Waals surface area (Å²) in [7, 11) is 3.72. The summed E-state index contributed by atoms with van der Waals surface area (Å²) >= 11 is 0. The van der Waals surface area contributed by atoms with E-state index in [1.165, 1.54) is 0 Å². The van der Waals surface area contributed by atoms with E-state index in [1.54, 1.807) is 43.2 Å². The number of piperazine rings is 1. The maximum Gasteiger partial charge on any atom is 0.264 e. The molecular weight excluding hydrogens is 444 g/mol. The lowest BCUT2D eigenvalue weighted by atomic mass is 10.0. The molecule has 0 spiro atoms. The molecule has 1 heterocycles. The number of primary amides is 1. The second kappa shape index (κ2) is 12.0. The Labute approximate surface area is 206 Å². The van der Waals surface area contributed by atoms with Crippen LogP contribution in [0.25, 0.3) is 0 Å². The standard InChI is InChI=1S/C26H34N6O3/c1-19(29-20-4-10-23(35-3)11-5-20)24(25(27)26(28)34)12-13-32(18-33)22-8-6-21(7-9-22)31-16-14-30(2)15-17-31/h4-11,18H,12-17,27H2,1-3H3,(H2,28,34). The molecule has 1 saturated heterocycles. The molecule has 0 atom stereocenters. The molecular formula is C26H34N6O3. The lowest BCUT2D eigenvalue weighted by molar-refractivity contribution is -0.114. The van der Waals surface area contributed by atoms with Crippen LogP contribution in [0.1, 0.15) is 13.3 Å². The predicted octanol–water partition coefficient (Wildman–Crippen LogP) is 2.29. The van der Waals surface area contributed by atoms with E-state index >= 15 is 0 Å². The predicted molar refractivity (Wildman–Crippen MR) is 140 cm³/mol. The number of amides is 2. The van der Waals surface area contributed by atoms with Gasteiger partial charge in [-0.3, -0.25) is 14.6 Å². The summed E-state index contributed by atoms with van der Waals surface area (Å²) in [5, 5.41) is 0. The van der Waals surface area contributed by atoms with E-state index in [4.69, 9.17) is 16.2 Å². The van der Waals surface area contributed by atoms with Crippen molar-refractivity contribution in [3.63, 3.8) is 0 Å². The van der Waals surface area contributed by atoms with Crippen LogP contribution in [0.2, 0.25) is 0 Å². The Kier molecular flexibility index (Phi) is 8.86. The Bertz CT molecular complexity index is 1070. The summed E-state index contributed by atoms with van der Waals surface area (Å²) < 4.78 is 5.17. The molecule has 3 rings (SSSR count). The van der Waals surface area contributed by atoms with Gasteiger partial charge in [0.05, 0.1) is 12.8 Å². The third-order valence-electron chi connectivity index (χ3n) is 6.18. The molecule has 0 unspecified atom stereocenters. The Balaban J connectivity index is 1.74. The van der Waals surface area contributed by atoms with Gasteiger partial charge < -0.3 is 30.9 Å². The second-order valence-electron chi connectivity index (χ2n) is 8.51. The van der Waals surface area contributed by atoms with Gasteiger partial charge in [-0.2, -0.15) is 0 Å². The number of hydrogen-bond acceptors (Lipinski definition) is 7. The summed E-state index contributed by atoms with van der Waals surface area (Å²) in [6, 6.07) is 15.1. The molecule has 1 fully saturated rings. The van der Waals surface area contributed by atoms with Gasteiger partial charge >= 0.3 is 0 Å². The molecule has 0 bridgehead atoms. The van der Waals surface area contributed by atoms with Gasteiger partial charge in [0.15, 0.2) is 0 Å². The Hall–Kier alpha value is -3.85. The molecule has 2 aromatic carbocycles. The number of likely N-dealkylation sites (N-methyl/N-ethyl adjacent to an activating group) is 1. The molecule has 1 aliphatic rings. The zero-order chi connectivity index (χ0) is 25.4. The molecule has 9 heteroatoms. The van der Waals surface area contributed by atoms with Gasteiger partial charge in [-0.25, -0.2) is 0 Å². The van der Waals surface area contributed by atoms with E-state index in [1.807, 2.05) is 24.3 Å². The van der Waals surface area contributed by atoms with Crippen LogP contribution in [0, 0.1) is 0 Å². The smallest absolute Gasteiger partial charge is 0.264 e. The molecule has 0 aromatic heterocycles. The summed E-state index contributed by atoms with van der Waals surface area (Å²) in [6.07, 6.45) is 1.10. The zero-order valence-electron chi connectivity index (χ0n) is 20.6. The Morgan fingerprint density at radius 1 is 1.06 bits per heavy atom. The van der Waals surface area contributed by atoms with Crippen molar-refractivity contribution in [3.8, 4) is 5.75 Å². The SMILES string of the molecule is COc1ccc(N=C(C)C(CCN(C=O)c2ccc(N3CCN(C)CC3)cc2)=C(N)C(N)=O)cc1. The number of rotatable bonds is 10. The first-order valence-corrected chi connectivity index (χ1v) is 11.6. The largest absolute Gasteiger partial charge is 0.497 e. The third kappa shape index (κ3) is 6.83. The van der Waals surface area contributed by atoms with Crippen LogP contribution in [0.5, 0.6) is 5.75 Å². The van der Waals surface area contributed by atoms with Gasteiger partial charge in [0.25, 0.3) is 5.91 Å². The molecule has 0 saturated carbocycles. The van der Waals surface area contributed by atoms with Gasteiger partial charge in [-0.05, 0) is 68.9 Å². The van der Waals surface area contributed by atoms with Gasteiger partial charge in [0.2, 0.25) is 6.41 Å². The van der Waals surface area contributed by atoms with Crippen molar-refractivity contribution in [2.75, 3.05) is 56.7 Å². The summed E-state index contributed by atoms with van der Waals surface area (Å²) in [5.74, 6) is -0.00671. The Morgan fingerprint density at radius 2 is 1.69 bits per heavy atom. The van der Waals surface area contributed by atoms with Gasteiger partial charge in [0.1, 0.15) is 11.4 Å². The van der Waals surface area contributed by atoms with E-state index in [9.17, 15) is 9.59 Å². The van der Waals surface area contributed by atoms with Gasteiger partial charge in [-0.15, -0.1) is 0 Å². The number of methoxy groups -OCH3 is 1. The highest BCUT2D eigenvalue weighted by Gasteiger charge is 2.17. The maximum atomic E-state index is 11.9. The lowest BCUT2D eigenvalue weighted by Gasteiger charge is -2.34.